The minimum absolute atomic E-state index is 0.0738. The molecule has 2 aliphatic carbocycles. The maximum Gasteiger partial charge on any atom is 0.164 e. The van der Waals surface area contributed by atoms with Crippen LogP contribution in [0.15, 0.2) is 78.9 Å². The molecule has 25 heavy (non-hydrogen) atoms. The van der Waals surface area contributed by atoms with Crippen LogP contribution in [0.4, 0.5) is 0 Å². The van der Waals surface area contributed by atoms with E-state index >= 15 is 0 Å². The number of ketones is 1. The van der Waals surface area contributed by atoms with Gasteiger partial charge in [-0.1, -0.05) is 85.8 Å². The molecule has 0 fully saturated rings. The molecule has 2 atom stereocenters. The molecule has 1 spiro atoms. The van der Waals surface area contributed by atoms with E-state index in [1.54, 1.807) is 0 Å². The molecule has 3 aromatic carbocycles. The molecule has 2 aliphatic rings. The summed E-state index contributed by atoms with van der Waals surface area (Å²) >= 11 is 0. The zero-order valence-corrected chi connectivity index (χ0v) is 14.3. The van der Waals surface area contributed by atoms with Crippen molar-refractivity contribution in [1.29, 1.82) is 0 Å². The van der Waals surface area contributed by atoms with Crippen molar-refractivity contribution in [2.24, 2.45) is 0 Å². The van der Waals surface area contributed by atoms with E-state index in [9.17, 15) is 4.79 Å². The van der Waals surface area contributed by atoms with Crippen molar-refractivity contribution in [1.82, 2.24) is 0 Å². The summed E-state index contributed by atoms with van der Waals surface area (Å²) in [5, 5.41) is 0. The summed E-state index contributed by atoms with van der Waals surface area (Å²) in [6.07, 6.45) is 1.54. The Bertz CT molecular complexity index is 988. The lowest BCUT2D eigenvalue weighted by Crippen LogP contribution is -2.27. The van der Waals surface area contributed by atoms with Crippen LogP contribution in [0.3, 0.4) is 0 Å². The van der Waals surface area contributed by atoms with Crippen LogP contribution >= 0.6 is 0 Å². The van der Waals surface area contributed by atoms with Gasteiger partial charge < -0.3 is 0 Å². The van der Waals surface area contributed by atoms with Crippen molar-refractivity contribution in [3.63, 3.8) is 0 Å². The molecule has 0 aliphatic heterocycles. The molecule has 0 saturated carbocycles. The van der Waals surface area contributed by atoms with Crippen LogP contribution in [0.5, 0.6) is 0 Å². The van der Waals surface area contributed by atoms with Gasteiger partial charge >= 0.3 is 0 Å². The lowest BCUT2D eigenvalue weighted by atomic mass is 9.71. The largest absolute Gasteiger partial charge is 0.294 e. The fourth-order valence-corrected chi connectivity index (χ4v) is 5.25. The van der Waals surface area contributed by atoms with Crippen molar-refractivity contribution in [2.75, 3.05) is 0 Å². The molecule has 1 heteroatoms. The van der Waals surface area contributed by atoms with E-state index in [0.29, 0.717) is 6.42 Å². The van der Waals surface area contributed by atoms with E-state index in [4.69, 9.17) is 0 Å². The smallest absolute Gasteiger partial charge is 0.164 e. The van der Waals surface area contributed by atoms with Crippen LogP contribution in [0.25, 0.3) is 0 Å². The predicted molar refractivity (Wildman–Crippen MR) is 100 cm³/mol. The van der Waals surface area contributed by atoms with Crippen molar-refractivity contribution in [3.05, 3.63) is 107 Å². The average molecular weight is 324 g/mol. The summed E-state index contributed by atoms with van der Waals surface area (Å²) in [5.74, 6) is 0.280. The molecule has 5 rings (SSSR count). The van der Waals surface area contributed by atoms with Crippen molar-refractivity contribution < 1.29 is 4.79 Å². The van der Waals surface area contributed by atoms with Crippen molar-refractivity contribution in [3.8, 4) is 0 Å². The third kappa shape index (κ3) is 1.81. The van der Waals surface area contributed by atoms with Crippen LogP contribution in [-0.2, 0) is 10.8 Å². The summed E-state index contributed by atoms with van der Waals surface area (Å²) in [6, 6.07) is 27.7. The lowest BCUT2D eigenvalue weighted by molar-refractivity contribution is 0.0978. The molecular formula is C24H20O. The standard InChI is InChI=1S/C24H20O/c1-23(17-9-3-2-4-10-17)16-24(21-14-8-7-13-20(21)23)15-22(25)18-11-5-6-12-19(18)24/h2-14H,15-16H2,1H3/t23?,24-/m1/s1. The van der Waals surface area contributed by atoms with Gasteiger partial charge in [0.05, 0.1) is 0 Å². The second kappa shape index (κ2) is 4.92. The highest BCUT2D eigenvalue weighted by Gasteiger charge is 2.55. The lowest BCUT2D eigenvalue weighted by Gasteiger charge is -2.30. The number of Topliss-reactive ketones (excluding diaryl/α,β-unsaturated/α-hetero) is 1. The van der Waals surface area contributed by atoms with E-state index in [1.165, 1.54) is 22.3 Å². The van der Waals surface area contributed by atoms with E-state index in [0.717, 1.165) is 12.0 Å². The quantitative estimate of drug-likeness (QED) is 0.596. The third-order valence-corrected chi connectivity index (χ3v) is 6.31. The first kappa shape index (κ1) is 14.7. The van der Waals surface area contributed by atoms with Gasteiger partial charge in [0.1, 0.15) is 0 Å². The number of carbonyl (C=O) groups is 1. The first-order valence-corrected chi connectivity index (χ1v) is 8.93. The molecule has 0 N–H and O–H groups in total. The van der Waals surface area contributed by atoms with Gasteiger partial charge in [-0.15, -0.1) is 0 Å². The van der Waals surface area contributed by atoms with Gasteiger partial charge in [-0.05, 0) is 28.7 Å². The number of carbonyl (C=O) groups excluding carboxylic acids is 1. The molecule has 0 bridgehead atoms. The fraction of sp³-hybridized carbons (Fsp3) is 0.208. The van der Waals surface area contributed by atoms with E-state index < -0.39 is 0 Å². The molecule has 0 amide bonds. The monoisotopic (exact) mass is 324 g/mol. The van der Waals surface area contributed by atoms with Gasteiger partial charge in [0.2, 0.25) is 0 Å². The zero-order valence-electron chi connectivity index (χ0n) is 14.3. The predicted octanol–water partition coefficient (Wildman–Crippen LogP) is 5.27. The maximum absolute atomic E-state index is 12.8. The van der Waals surface area contributed by atoms with Crippen LogP contribution in [-0.4, -0.2) is 5.78 Å². The number of fused-ring (bicyclic) bond motifs is 4. The topological polar surface area (TPSA) is 17.1 Å². The minimum atomic E-state index is -0.186. The van der Waals surface area contributed by atoms with E-state index in [2.05, 4.69) is 73.7 Å². The van der Waals surface area contributed by atoms with Gasteiger partial charge in [0, 0.05) is 22.8 Å². The maximum atomic E-state index is 12.8. The van der Waals surface area contributed by atoms with Gasteiger partial charge in [0.15, 0.2) is 5.78 Å². The highest BCUT2D eigenvalue weighted by molar-refractivity contribution is 6.03. The Kier molecular flexibility index (Phi) is 2.88. The van der Waals surface area contributed by atoms with Crippen LogP contribution in [0, 0.1) is 0 Å². The third-order valence-electron chi connectivity index (χ3n) is 6.31. The van der Waals surface area contributed by atoms with Crippen LogP contribution < -0.4 is 0 Å². The Morgan fingerprint density at radius 3 is 2.08 bits per heavy atom. The number of rotatable bonds is 1. The second-order valence-electron chi connectivity index (χ2n) is 7.65. The number of hydrogen-bond acceptors (Lipinski definition) is 1. The fourth-order valence-electron chi connectivity index (χ4n) is 5.25. The van der Waals surface area contributed by atoms with Crippen LogP contribution in [0.2, 0.25) is 0 Å². The highest BCUT2D eigenvalue weighted by Crippen LogP contribution is 2.60. The van der Waals surface area contributed by atoms with E-state index in [1.807, 2.05) is 12.1 Å². The molecule has 0 aromatic heterocycles. The van der Waals surface area contributed by atoms with E-state index in [-0.39, 0.29) is 16.6 Å². The molecule has 122 valence electrons. The Balaban J connectivity index is 1.80. The molecule has 0 saturated heterocycles. The summed E-state index contributed by atoms with van der Waals surface area (Å²) in [7, 11) is 0. The Hall–Kier alpha value is -2.67. The minimum Gasteiger partial charge on any atom is -0.294 e. The van der Waals surface area contributed by atoms with Gasteiger partial charge in [-0.25, -0.2) is 0 Å². The number of hydrogen-bond donors (Lipinski definition) is 0. The highest BCUT2D eigenvalue weighted by atomic mass is 16.1. The average Bonchev–Trinajstić information content (AvgIpc) is 3.10. The summed E-state index contributed by atoms with van der Waals surface area (Å²) in [4.78, 5) is 12.8. The summed E-state index contributed by atoms with van der Waals surface area (Å²) in [6.45, 7) is 2.33. The molecule has 3 aromatic rings. The summed E-state index contributed by atoms with van der Waals surface area (Å²) < 4.78 is 0. The van der Waals surface area contributed by atoms with Gasteiger partial charge in [-0.2, -0.15) is 0 Å². The van der Waals surface area contributed by atoms with Crippen LogP contribution in [0.1, 0.15) is 52.4 Å². The van der Waals surface area contributed by atoms with Crippen molar-refractivity contribution in [2.45, 2.75) is 30.6 Å². The Morgan fingerprint density at radius 1 is 0.720 bits per heavy atom. The first-order valence-electron chi connectivity index (χ1n) is 8.93. The molecular weight excluding hydrogens is 304 g/mol. The Morgan fingerprint density at radius 2 is 1.32 bits per heavy atom. The second-order valence-corrected chi connectivity index (χ2v) is 7.65. The zero-order chi connectivity index (χ0) is 17.1. The molecule has 1 unspecified atom stereocenters. The normalized spacial score (nSPS) is 26.7. The van der Waals surface area contributed by atoms with Gasteiger partial charge in [0.25, 0.3) is 0 Å². The molecule has 0 heterocycles. The van der Waals surface area contributed by atoms with Crippen molar-refractivity contribution >= 4 is 5.78 Å². The first-order chi connectivity index (χ1) is 12.2. The van der Waals surface area contributed by atoms with Gasteiger partial charge in [-0.3, -0.25) is 4.79 Å². The molecule has 1 nitrogen and oxygen atoms in total. The number of benzene rings is 3. The SMILES string of the molecule is CC1(c2ccccc2)C[C@@]2(CC(=O)c3ccccc32)c2ccccc21. The molecule has 0 radical (unpaired) electrons. The Labute approximate surface area is 148 Å². The summed E-state index contributed by atoms with van der Waals surface area (Å²) in [5.41, 5.74) is 5.90.